The molecule has 284 valence electrons. The summed E-state index contributed by atoms with van der Waals surface area (Å²) in [7, 11) is 1.23. The van der Waals surface area contributed by atoms with Crippen LogP contribution < -0.4 is 24.7 Å². The van der Waals surface area contributed by atoms with Crippen LogP contribution in [-0.2, 0) is 22.6 Å². The van der Waals surface area contributed by atoms with Gasteiger partial charge in [-0.3, -0.25) is 9.69 Å². The third-order valence-corrected chi connectivity index (χ3v) is 9.31. The van der Waals surface area contributed by atoms with Crippen LogP contribution in [0.3, 0.4) is 0 Å². The predicted molar refractivity (Wildman–Crippen MR) is 198 cm³/mol. The molecule has 0 bridgehead atoms. The smallest absolute Gasteiger partial charge is 0.409 e. The molecule has 0 saturated carbocycles. The largest absolute Gasteiger partial charge is 0.573 e. The van der Waals surface area contributed by atoms with Crippen molar-refractivity contribution in [3.05, 3.63) is 119 Å². The SMILES string of the molecule is CO[N+](=O)c1ccc(OC(=O)N=C2SCC(=O)N2c2cc(C[n+]3cn(-c4ccc(OC(F)(F)F)cc4)nc3-c3ccc(CCN)cc3)ccc2C(C)C)cc1. The Morgan fingerprint density at radius 1 is 1.00 bits per heavy atom. The summed E-state index contributed by atoms with van der Waals surface area (Å²) in [5.41, 5.74) is 10.5. The number of carbonyl (C=O) groups excluding carboxylic acids is 2. The van der Waals surface area contributed by atoms with Crippen LogP contribution in [0, 0.1) is 4.91 Å². The highest BCUT2D eigenvalue weighted by Crippen LogP contribution is 2.35. The minimum absolute atomic E-state index is 0.0101. The molecule has 4 aromatic carbocycles. The van der Waals surface area contributed by atoms with E-state index in [-0.39, 0.29) is 46.5 Å². The molecule has 1 aliphatic rings. The van der Waals surface area contributed by atoms with E-state index in [0.29, 0.717) is 35.1 Å². The fraction of sp³-hybridized carbons (Fsp3) is 0.237. The standard InChI is InChI=1S/C38H36F3N7O6S/c1-24(2)32-17-6-26(20-33(32)47-34(49)22-55-36(47)43-37(50)53-30-13-11-29(12-14-30)48(51)52-3)21-45-23-46(28-9-15-31(16-10-28)54-38(39,40)41)44-35(45)27-7-4-25(5-8-27)18-19-42/h4-17,20,23-24H,18-19,21-22,42H2,1-3H3/q+2. The van der Waals surface area contributed by atoms with Crippen LogP contribution in [0.25, 0.3) is 17.1 Å². The number of halogens is 3. The molecule has 6 rings (SSSR count). The van der Waals surface area contributed by atoms with Crippen LogP contribution in [0.5, 0.6) is 11.5 Å². The Hall–Kier alpha value is -6.07. The number of amidine groups is 1. The molecule has 5 aromatic rings. The zero-order valence-electron chi connectivity index (χ0n) is 29.9. The maximum atomic E-state index is 13.4. The molecular formula is C38H36F3N7O6S+2. The van der Waals surface area contributed by atoms with E-state index >= 15 is 0 Å². The Morgan fingerprint density at radius 2 is 1.67 bits per heavy atom. The molecule has 0 aliphatic carbocycles. The van der Waals surface area contributed by atoms with Gasteiger partial charge in [-0.1, -0.05) is 54.6 Å². The number of rotatable bonds is 12. The molecule has 2 amide bonds. The molecular weight excluding hydrogens is 740 g/mol. The number of carbonyl (C=O) groups is 2. The topological polar surface area (TPSA) is 145 Å². The normalized spacial score (nSPS) is 13.8. The Balaban J connectivity index is 1.33. The van der Waals surface area contributed by atoms with E-state index in [1.807, 2.05) is 60.9 Å². The van der Waals surface area contributed by atoms with Crippen molar-refractivity contribution in [3.63, 3.8) is 0 Å². The number of amides is 2. The number of aliphatic imine (C=N–C) groups is 1. The second-order valence-electron chi connectivity index (χ2n) is 12.6. The van der Waals surface area contributed by atoms with Crippen LogP contribution in [0.1, 0.15) is 36.5 Å². The van der Waals surface area contributed by atoms with Crippen LogP contribution in [0.4, 0.5) is 29.3 Å². The van der Waals surface area contributed by atoms with Gasteiger partial charge < -0.3 is 15.2 Å². The first kappa shape index (κ1) is 38.6. The van der Waals surface area contributed by atoms with Gasteiger partial charge >= 0.3 is 24.0 Å². The lowest BCUT2D eigenvalue weighted by Gasteiger charge is -2.22. The number of nitrogens with zero attached hydrogens (tertiary/aromatic N) is 6. The summed E-state index contributed by atoms with van der Waals surface area (Å²) >= 11 is 1.10. The van der Waals surface area contributed by atoms with Gasteiger partial charge in [-0.25, -0.2) is 14.2 Å². The quantitative estimate of drug-likeness (QED) is 0.105. The molecule has 1 saturated heterocycles. The minimum Gasteiger partial charge on any atom is -0.409 e. The van der Waals surface area contributed by atoms with Crippen molar-refractivity contribution < 1.29 is 46.6 Å². The van der Waals surface area contributed by atoms with Crippen molar-refractivity contribution in [1.29, 1.82) is 0 Å². The molecule has 0 unspecified atom stereocenters. The van der Waals surface area contributed by atoms with E-state index < -0.39 is 12.5 Å². The highest BCUT2D eigenvalue weighted by molar-refractivity contribution is 8.15. The number of aromatic nitrogens is 3. The third kappa shape index (κ3) is 9.36. The molecule has 0 radical (unpaired) electrons. The van der Waals surface area contributed by atoms with Crippen molar-refractivity contribution in [2.45, 2.75) is 39.1 Å². The molecule has 1 fully saturated rings. The van der Waals surface area contributed by atoms with Gasteiger partial charge in [-0.05, 0) is 90.2 Å². The maximum Gasteiger partial charge on any atom is 0.573 e. The van der Waals surface area contributed by atoms with Crippen molar-refractivity contribution in [1.82, 2.24) is 9.78 Å². The number of anilines is 1. The molecule has 1 aromatic heterocycles. The van der Waals surface area contributed by atoms with E-state index in [0.717, 1.165) is 34.0 Å². The molecule has 17 heteroatoms. The van der Waals surface area contributed by atoms with Crippen LogP contribution in [-0.4, -0.2) is 57.6 Å². The summed E-state index contributed by atoms with van der Waals surface area (Å²) in [4.78, 5) is 48.5. The first-order chi connectivity index (χ1) is 26.3. The number of alkyl halides is 3. The van der Waals surface area contributed by atoms with Crippen LogP contribution in [0.2, 0.25) is 0 Å². The summed E-state index contributed by atoms with van der Waals surface area (Å²) in [5, 5.41) is 4.96. The van der Waals surface area contributed by atoms with Gasteiger partial charge in [-0.2, -0.15) is 0 Å². The fourth-order valence-electron chi connectivity index (χ4n) is 5.81. The zero-order valence-corrected chi connectivity index (χ0v) is 30.7. The molecule has 0 atom stereocenters. The Morgan fingerprint density at radius 3 is 2.31 bits per heavy atom. The van der Waals surface area contributed by atoms with Crippen molar-refractivity contribution in [2.24, 2.45) is 10.7 Å². The molecule has 0 spiro atoms. The van der Waals surface area contributed by atoms with Gasteiger partial charge in [0.2, 0.25) is 12.2 Å². The Kier molecular flexibility index (Phi) is 11.6. The number of benzene rings is 4. The Labute approximate surface area is 317 Å². The van der Waals surface area contributed by atoms with E-state index in [1.54, 1.807) is 11.0 Å². The summed E-state index contributed by atoms with van der Waals surface area (Å²) in [6, 6.07) is 24.6. The van der Waals surface area contributed by atoms with Gasteiger partial charge in [0, 0.05) is 12.1 Å². The lowest BCUT2D eigenvalue weighted by molar-refractivity contribution is -0.736. The Bertz CT molecular complexity index is 2230. The summed E-state index contributed by atoms with van der Waals surface area (Å²) in [6.45, 7) is 4.76. The van der Waals surface area contributed by atoms with Crippen molar-refractivity contribution >= 4 is 40.3 Å². The predicted octanol–water partition coefficient (Wildman–Crippen LogP) is 7.00. The van der Waals surface area contributed by atoms with Gasteiger partial charge in [0.05, 0.1) is 33.6 Å². The first-order valence-corrected chi connectivity index (χ1v) is 18.0. The zero-order chi connectivity index (χ0) is 39.3. The molecule has 2 heterocycles. The van der Waals surface area contributed by atoms with Crippen LogP contribution in [0.15, 0.2) is 102 Å². The molecule has 1 aliphatic heterocycles. The van der Waals surface area contributed by atoms with E-state index in [1.165, 1.54) is 60.5 Å². The molecule has 55 heavy (non-hydrogen) atoms. The average Bonchev–Trinajstić information content (AvgIpc) is 3.74. The van der Waals surface area contributed by atoms with Crippen molar-refractivity contribution in [3.8, 4) is 28.6 Å². The summed E-state index contributed by atoms with van der Waals surface area (Å²) in [5.74, 6) is 0.124. The number of thioether (sulfide) groups is 1. The monoisotopic (exact) mass is 775 g/mol. The van der Waals surface area contributed by atoms with E-state index in [9.17, 15) is 27.7 Å². The highest BCUT2D eigenvalue weighted by atomic mass is 32.2. The number of nitrogens with two attached hydrogens (primary N) is 1. The van der Waals surface area contributed by atoms with Gasteiger partial charge in [0.1, 0.15) is 17.2 Å². The molecule has 13 nitrogen and oxygen atoms in total. The van der Waals surface area contributed by atoms with Crippen LogP contribution >= 0.6 is 11.8 Å². The average molecular weight is 776 g/mol. The van der Waals surface area contributed by atoms with Crippen molar-refractivity contribution in [2.75, 3.05) is 24.3 Å². The van der Waals surface area contributed by atoms with Gasteiger partial charge in [-0.15, -0.1) is 18.2 Å². The van der Waals surface area contributed by atoms with Gasteiger partial charge in [0.15, 0.2) is 12.3 Å². The number of hydrogen-bond acceptors (Lipinski definition) is 9. The summed E-state index contributed by atoms with van der Waals surface area (Å²) in [6.07, 6.45) is -3.34. The third-order valence-electron chi connectivity index (χ3n) is 8.38. The maximum absolute atomic E-state index is 13.4. The lowest BCUT2D eigenvalue weighted by Crippen LogP contribution is -2.35. The lowest BCUT2D eigenvalue weighted by atomic mass is 9.98. The molecule has 2 N–H and O–H groups in total. The van der Waals surface area contributed by atoms with E-state index in [4.69, 9.17) is 15.6 Å². The second kappa shape index (κ2) is 16.5. The highest BCUT2D eigenvalue weighted by Gasteiger charge is 2.34. The van der Waals surface area contributed by atoms with E-state index in [2.05, 4.69) is 14.6 Å². The fourth-order valence-corrected chi connectivity index (χ4v) is 6.66. The minimum atomic E-state index is -4.82. The van der Waals surface area contributed by atoms with Gasteiger partial charge in [0.25, 0.3) is 4.92 Å². The number of hydrogen-bond donors (Lipinski definition) is 1. The first-order valence-electron chi connectivity index (χ1n) is 17.0. The summed E-state index contributed by atoms with van der Waals surface area (Å²) < 4.78 is 51.2. The second-order valence-corrected chi connectivity index (χ2v) is 13.5. The number of ether oxygens (including phenoxy) is 2.